The summed E-state index contributed by atoms with van der Waals surface area (Å²) in [6.07, 6.45) is 4.28. The molecule has 6 nitrogen and oxygen atoms in total. The monoisotopic (exact) mass is 268 g/mol. The van der Waals surface area contributed by atoms with E-state index in [0.29, 0.717) is 25.2 Å². The SMILES string of the molecule is CCc1ncc(S(=O)(=O)N2CCCCC2C#N)[nH]1. The van der Waals surface area contributed by atoms with E-state index in [-0.39, 0.29) is 5.03 Å². The van der Waals surface area contributed by atoms with E-state index >= 15 is 0 Å². The molecule has 1 aliphatic rings. The molecule has 1 unspecified atom stereocenters. The second kappa shape index (κ2) is 5.08. The number of nitrogens with one attached hydrogen (secondary N) is 1. The first-order valence-electron chi connectivity index (χ1n) is 6.05. The van der Waals surface area contributed by atoms with Crippen molar-refractivity contribution in [2.75, 3.05) is 6.54 Å². The van der Waals surface area contributed by atoms with Crippen LogP contribution in [-0.2, 0) is 16.4 Å². The molecule has 18 heavy (non-hydrogen) atoms. The van der Waals surface area contributed by atoms with Crippen molar-refractivity contribution in [1.29, 1.82) is 5.26 Å². The van der Waals surface area contributed by atoms with Crippen LogP contribution in [0.5, 0.6) is 0 Å². The summed E-state index contributed by atoms with van der Waals surface area (Å²) in [4.78, 5) is 6.80. The van der Waals surface area contributed by atoms with Crippen molar-refractivity contribution >= 4 is 10.0 Å². The Kier molecular flexibility index (Phi) is 3.68. The quantitative estimate of drug-likeness (QED) is 0.886. The third-order valence-electron chi connectivity index (χ3n) is 3.13. The van der Waals surface area contributed by atoms with E-state index in [1.165, 1.54) is 10.5 Å². The lowest BCUT2D eigenvalue weighted by atomic mass is 10.1. The van der Waals surface area contributed by atoms with Crippen LogP contribution in [0.1, 0.15) is 32.0 Å². The number of nitriles is 1. The van der Waals surface area contributed by atoms with Gasteiger partial charge in [-0.15, -0.1) is 0 Å². The summed E-state index contributed by atoms with van der Waals surface area (Å²) in [5, 5.41) is 9.13. The minimum atomic E-state index is -3.62. The Morgan fingerprint density at radius 2 is 2.39 bits per heavy atom. The van der Waals surface area contributed by atoms with E-state index in [0.717, 1.165) is 12.8 Å². The van der Waals surface area contributed by atoms with Crippen molar-refractivity contribution in [1.82, 2.24) is 14.3 Å². The number of aromatic nitrogens is 2. The van der Waals surface area contributed by atoms with Crippen LogP contribution >= 0.6 is 0 Å². The van der Waals surface area contributed by atoms with E-state index in [1.54, 1.807) is 0 Å². The van der Waals surface area contributed by atoms with E-state index in [1.807, 2.05) is 6.92 Å². The van der Waals surface area contributed by atoms with Gasteiger partial charge in [0.15, 0.2) is 5.03 Å². The lowest BCUT2D eigenvalue weighted by Gasteiger charge is -2.29. The largest absolute Gasteiger partial charge is 0.332 e. The van der Waals surface area contributed by atoms with E-state index in [9.17, 15) is 8.42 Å². The van der Waals surface area contributed by atoms with Crippen molar-refractivity contribution in [3.63, 3.8) is 0 Å². The highest BCUT2D eigenvalue weighted by Crippen LogP contribution is 2.24. The molecule has 7 heteroatoms. The lowest BCUT2D eigenvalue weighted by Crippen LogP contribution is -2.42. The van der Waals surface area contributed by atoms with Crippen LogP contribution in [0.25, 0.3) is 0 Å². The average molecular weight is 268 g/mol. The van der Waals surface area contributed by atoms with Gasteiger partial charge in [0.05, 0.1) is 12.3 Å². The van der Waals surface area contributed by atoms with Crippen LogP contribution < -0.4 is 0 Å². The first kappa shape index (κ1) is 13.1. The number of hydrogen-bond donors (Lipinski definition) is 1. The van der Waals surface area contributed by atoms with Crippen molar-refractivity contribution < 1.29 is 8.42 Å². The summed E-state index contributed by atoms with van der Waals surface area (Å²) < 4.78 is 26.1. The maximum Gasteiger partial charge on any atom is 0.261 e. The second-order valence-corrected chi connectivity index (χ2v) is 6.16. The van der Waals surface area contributed by atoms with E-state index in [2.05, 4.69) is 16.0 Å². The van der Waals surface area contributed by atoms with Gasteiger partial charge in [-0.25, -0.2) is 13.4 Å². The molecule has 1 aliphatic heterocycles. The third kappa shape index (κ3) is 2.26. The van der Waals surface area contributed by atoms with Gasteiger partial charge < -0.3 is 4.98 Å². The van der Waals surface area contributed by atoms with Gasteiger partial charge in [0.1, 0.15) is 11.9 Å². The molecule has 2 rings (SSSR count). The molecule has 1 aromatic heterocycles. The predicted octanol–water partition coefficient (Wildman–Crippen LogP) is 1.04. The fourth-order valence-electron chi connectivity index (χ4n) is 2.10. The Balaban J connectivity index is 2.32. The number of imidazole rings is 1. The molecule has 1 atom stereocenters. The Hall–Kier alpha value is -1.39. The van der Waals surface area contributed by atoms with Gasteiger partial charge in [0.2, 0.25) is 0 Å². The van der Waals surface area contributed by atoms with Gasteiger partial charge in [-0.05, 0) is 19.3 Å². The smallest absolute Gasteiger partial charge is 0.261 e. The molecule has 0 radical (unpaired) electrons. The minimum Gasteiger partial charge on any atom is -0.332 e. The van der Waals surface area contributed by atoms with Gasteiger partial charge in [0.25, 0.3) is 10.0 Å². The Labute approximate surface area is 107 Å². The normalized spacial score (nSPS) is 21.7. The van der Waals surface area contributed by atoms with Crippen LogP contribution in [-0.4, -0.2) is 35.3 Å². The molecule has 1 aromatic rings. The molecule has 0 saturated carbocycles. The number of hydrogen-bond acceptors (Lipinski definition) is 4. The van der Waals surface area contributed by atoms with Crippen molar-refractivity contribution in [3.8, 4) is 6.07 Å². The Morgan fingerprint density at radius 3 is 3.00 bits per heavy atom. The van der Waals surface area contributed by atoms with Crippen LogP contribution in [0.3, 0.4) is 0 Å². The lowest BCUT2D eigenvalue weighted by molar-refractivity contribution is 0.296. The summed E-state index contributed by atoms with van der Waals surface area (Å²) in [6, 6.07) is 1.50. The Bertz CT molecular complexity index is 558. The fraction of sp³-hybridized carbons (Fsp3) is 0.636. The molecule has 1 N–H and O–H groups in total. The zero-order chi connectivity index (χ0) is 13.2. The molecule has 1 fully saturated rings. The topological polar surface area (TPSA) is 89.8 Å². The highest BCUT2D eigenvalue weighted by molar-refractivity contribution is 7.89. The van der Waals surface area contributed by atoms with E-state index in [4.69, 9.17) is 5.26 Å². The van der Waals surface area contributed by atoms with Gasteiger partial charge in [-0.3, -0.25) is 0 Å². The molecule has 0 amide bonds. The van der Waals surface area contributed by atoms with Crippen LogP contribution in [0.2, 0.25) is 0 Å². The summed E-state index contributed by atoms with van der Waals surface area (Å²) >= 11 is 0. The van der Waals surface area contributed by atoms with Gasteiger partial charge in [0, 0.05) is 13.0 Å². The summed E-state index contributed by atoms with van der Waals surface area (Å²) in [7, 11) is -3.62. The fourth-order valence-corrected chi connectivity index (χ4v) is 3.64. The summed E-state index contributed by atoms with van der Waals surface area (Å²) in [5.41, 5.74) is 0. The predicted molar refractivity (Wildman–Crippen MR) is 65.1 cm³/mol. The number of H-pyrrole nitrogens is 1. The maximum absolute atomic E-state index is 12.4. The highest BCUT2D eigenvalue weighted by atomic mass is 32.2. The summed E-state index contributed by atoms with van der Waals surface area (Å²) in [6.45, 7) is 2.30. The average Bonchev–Trinajstić information content (AvgIpc) is 2.88. The maximum atomic E-state index is 12.4. The van der Waals surface area contributed by atoms with Gasteiger partial charge in [-0.2, -0.15) is 9.57 Å². The first-order valence-corrected chi connectivity index (χ1v) is 7.49. The van der Waals surface area contributed by atoms with Gasteiger partial charge in [-0.1, -0.05) is 6.92 Å². The van der Waals surface area contributed by atoms with E-state index < -0.39 is 16.1 Å². The number of aryl methyl sites for hydroxylation is 1. The number of rotatable bonds is 3. The highest BCUT2D eigenvalue weighted by Gasteiger charge is 2.34. The third-order valence-corrected chi connectivity index (χ3v) is 4.95. The molecule has 2 heterocycles. The minimum absolute atomic E-state index is 0.0847. The number of piperidine rings is 1. The zero-order valence-electron chi connectivity index (χ0n) is 10.3. The summed E-state index contributed by atoms with van der Waals surface area (Å²) in [5.74, 6) is 0.638. The van der Waals surface area contributed by atoms with Crippen molar-refractivity contribution in [2.24, 2.45) is 0 Å². The second-order valence-electron chi connectivity index (χ2n) is 4.30. The number of nitrogens with zero attached hydrogens (tertiary/aromatic N) is 3. The molecule has 1 saturated heterocycles. The molecule has 0 aromatic carbocycles. The first-order chi connectivity index (χ1) is 8.59. The zero-order valence-corrected chi connectivity index (χ0v) is 11.1. The van der Waals surface area contributed by atoms with Crippen LogP contribution in [0.4, 0.5) is 0 Å². The molecule has 0 aliphatic carbocycles. The van der Waals surface area contributed by atoms with Crippen molar-refractivity contribution in [2.45, 2.75) is 43.7 Å². The molecule has 98 valence electrons. The Morgan fingerprint density at radius 1 is 1.61 bits per heavy atom. The van der Waals surface area contributed by atoms with Gasteiger partial charge >= 0.3 is 0 Å². The van der Waals surface area contributed by atoms with Crippen LogP contribution in [0.15, 0.2) is 11.2 Å². The number of aromatic amines is 1. The number of sulfonamides is 1. The standard InChI is InChI=1S/C11H16N4O2S/c1-2-10-13-8-11(14-10)18(16,17)15-6-4-3-5-9(15)7-12/h8-9H,2-6H2,1H3,(H,13,14). The molecular weight excluding hydrogens is 252 g/mol. The molecule has 0 bridgehead atoms. The van der Waals surface area contributed by atoms with Crippen LogP contribution in [0, 0.1) is 11.3 Å². The molecule has 0 spiro atoms. The molecular formula is C11H16N4O2S. The van der Waals surface area contributed by atoms with Crippen molar-refractivity contribution in [3.05, 3.63) is 12.0 Å².